The summed E-state index contributed by atoms with van der Waals surface area (Å²) in [5.74, 6) is -0.494. The molecule has 1 aromatic carbocycles. The summed E-state index contributed by atoms with van der Waals surface area (Å²) in [6.45, 7) is 4.66. The highest BCUT2D eigenvalue weighted by molar-refractivity contribution is 7.85. The molecule has 0 heterocycles. The lowest BCUT2D eigenvalue weighted by molar-refractivity contribution is -0.128. The average Bonchev–Trinajstić information content (AvgIpc) is 2.15. The molecule has 0 aliphatic carbocycles. The van der Waals surface area contributed by atoms with Crippen LogP contribution in [-0.4, -0.2) is 18.9 Å². The van der Waals surface area contributed by atoms with Crippen LogP contribution < -0.4 is 4.74 Å². The van der Waals surface area contributed by atoms with Crippen LogP contribution in [0.15, 0.2) is 35.7 Å². The highest BCUT2D eigenvalue weighted by Gasteiger charge is 2.08. The van der Waals surface area contributed by atoms with Crippen LogP contribution in [0.5, 0.6) is 5.75 Å². The lowest BCUT2D eigenvalue weighted by Crippen LogP contribution is -2.05. The minimum absolute atomic E-state index is 0.162. The Morgan fingerprint density at radius 3 is 2.56 bits per heavy atom. The molecular formula is C10H9O5S-. The SMILES string of the molecule is C=CC(=O)Oc1ccc(S(=O)(=O)[O-])c(C)c1. The summed E-state index contributed by atoms with van der Waals surface area (Å²) < 4.78 is 37.0. The van der Waals surface area contributed by atoms with Gasteiger partial charge in [-0.05, 0) is 30.7 Å². The molecule has 0 aromatic heterocycles. The first kappa shape index (κ1) is 12.4. The van der Waals surface area contributed by atoms with E-state index in [1.54, 1.807) is 0 Å². The maximum Gasteiger partial charge on any atom is 0.335 e. The van der Waals surface area contributed by atoms with Gasteiger partial charge in [0.25, 0.3) is 0 Å². The van der Waals surface area contributed by atoms with E-state index in [1.165, 1.54) is 19.1 Å². The van der Waals surface area contributed by atoms with Crippen LogP contribution in [0.4, 0.5) is 0 Å². The molecule has 0 saturated heterocycles. The number of esters is 1. The number of aryl methyl sites for hydroxylation is 1. The zero-order valence-corrected chi connectivity index (χ0v) is 9.28. The lowest BCUT2D eigenvalue weighted by atomic mass is 10.2. The molecular weight excluding hydrogens is 232 g/mol. The minimum atomic E-state index is -4.49. The molecule has 0 N–H and O–H groups in total. The predicted molar refractivity (Wildman–Crippen MR) is 55.0 cm³/mol. The summed E-state index contributed by atoms with van der Waals surface area (Å²) >= 11 is 0. The largest absolute Gasteiger partial charge is 0.744 e. The fourth-order valence-electron chi connectivity index (χ4n) is 1.12. The smallest absolute Gasteiger partial charge is 0.335 e. The summed E-state index contributed by atoms with van der Waals surface area (Å²) in [5, 5.41) is 0. The van der Waals surface area contributed by atoms with Gasteiger partial charge in [-0.15, -0.1) is 0 Å². The van der Waals surface area contributed by atoms with E-state index >= 15 is 0 Å². The van der Waals surface area contributed by atoms with Crippen LogP contribution in [0.3, 0.4) is 0 Å². The molecule has 0 saturated carbocycles. The fraction of sp³-hybridized carbons (Fsp3) is 0.100. The predicted octanol–water partition coefficient (Wildman–Crippen LogP) is 0.991. The van der Waals surface area contributed by atoms with Crippen LogP contribution in [-0.2, 0) is 14.9 Å². The Labute approximate surface area is 93.1 Å². The van der Waals surface area contributed by atoms with Gasteiger partial charge >= 0.3 is 5.97 Å². The standard InChI is InChI=1S/C10H10O5S/c1-3-10(11)15-8-4-5-9(7(2)6-8)16(12,13)14/h3-6H,1H2,2H3,(H,12,13,14)/p-1. The summed E-state index contributed by atoms with van der Waals surface area (Å²) in [6.07, 6.45) is 0.980. The van der Waals surface area contributed by atoms with Gasteiger partial charge in [0.1, 0.15) is 15.9 Å². The van der Waals surface area contributed by atoms with Crippen LogP contribution in [0, 0.1) is 6.92 Å². The summed E-state index contributed by atoms with van der Waals surface area (Å²) in [5.41, 5.74) is 0.226. The van der Waals surface area contributed by atoms with Crippen molar-refractivity contribution in [2.24, 2.45) is 0 Å². The molecule has 0 spiro atoms. The second kappa shape index (κ2) is 4.46. The number of rotatable bonds is 3. The van der Waals surface area contributed by atoms with Crippen molar-refractivity contribution < 1.29 is 22.5 Å². The highest BCUT2D eigenvalue weighted by Crippen LogP contribution is 2.20. The monoisotopic (exact) mass is 241 g/mol. The molecule has 1 rings (SSSR count). The first-order valence-corrected chi connectivity index (χ1v) is 5.66. The molecule has 0 atom stereocenters. The number of hydrogen-bond acceptors (Lipinski definition) is 5. The van der Waals surface area contributed by atoms with Crippen molar-refractivity contribution in [3.63, 3.8) is 0 Å². The third-order valence-corrected chi connectivity index (χ3v) is 2.80. The fourth-order valence-corrected chi connectivity index (χ4v) is 1.81. The molecule has 86 valence electrons. The van der Waals surface area contributed by atoms with Gasteiger partial charge in [0.2, 0.25) is 0 Å². The van der Waals surface area contributed by atoms with Crippen LogP contribution in [0.1, 0.15) is 5.56 Å². The van der Waals surface area contributed by atoms with E-state index in [0.29, 0.717) is 0 Å². The zero-order valence-electron chi connectivity index (χ0n) is 8.47. The molecule has 0 radical (unpaired) electrons. The first-order chi connectivity index (χ1) is 7.34. The minimum Gasteiger partial charge on any atom is -0.744 e. The van der Waals surface area contributed by atoms with E-state index < -0.39 is 16.1 Å². The second-order valence-electron chi connectivity index (χ2n) is 3.01. The summed E-state index contributed by atoms with van der Waals surface area (Å²) in [7, 11) is -4.49. The maximum atomic E-state index is 10.9. The molecule has 0 amide bonds. The molecule has 1 aromatic rings. The van der Waals surface area contributed by atoms with Gasteiger partial charge in [-0.25, -0.2) is 13.2 Å². The molecule has 0 aliphatic heterocycles. The Morgan fingerprint density at radius 2 is 2.12 bits per heavy atom. The molecule has 5 nitrogen and oxygen atoms in total. The van der Waals surface area contributed by atoms with Gasteiger partial charge in [0, 0.05) is 6.08 Å². The molecule has 0 aliphatic rings. The molecule has 16 heavy (non-hydrogen) atoms. The van der Waals surface area contributed by atoms with Gasteiger partial charge in [0.05, 0.1) is 4.90 Å². The molecule has 6 heteroatoms. The van der Waals surface area contributed by atoms with Gasteiger partial charge in [-0.1, -0.05) is 6.58 Å². The van der Waals surface area contributed by atoms with Crippen LogP contribution in [0.25, 0.3) is 0 Å². The van der Waals surface area contributed by atoms with E-state index in [-0.39, 0.29) is 16.2 Å². The van der Waals surface area contributed by atoms with Crippen molar-refractivity contribution in [3.05, 3.63) is 36.4 Å². The summed E-state index contributed by atoms with van der Waals surface area (Å²) in [6, 6.07) is 3.63. The highest BCUT2D eigenvalue weighted by atomic mass is 32.2. The molecule has 0 unspecified atom stereocenters. The van der Waals surface area contributed by atoms with Gasteiger partial charge in [0.15, 0.2) is 0 Å². The van der Waals surface area contributed by atoms with Crippen molar-refractivity contribution in [2.45, 2.75) is 11.8 Å². The topological polar surface area (TPSA) is 83.5 Å². The Kier molecular flexibility index (Phi) is 3.46. The van der Waals surface area contributed by atoms with E-state index in [9.17, 15) is 17.8 Å². The number of benzene rings is 1. The van der Waals surface area contributed by atoms with Crippen molar-refractivity contribution in [3.8, 4) is 5.75 Å². The Balaban J connectivity index is 3.10. The maximum absolute atomic E-state index is 10.9. The third kappa shape index (κ3) is 2.91. The van der Waals surface area contributed by atoms with E-state index in [4.69, 9.17) is 4.74 Å². The Hall–Kier alpha value is -1.66. The third-order valence-electron chi connectivity index (χ3n) is 1.80. The van der Waals surface area contributed by atoms with Crippen LogP contribution in [0.2, 0.25) is 0 Å². The van der Waals surface area contributed by atoms with E-state index in [2.05, 4.69) is 6.58 Å². The van der Waals surface area contributed by atoms with Crippen molar-refractivity contribution >= 4 is 16.1 Å². The van der Waals surface area contributed by atoms with Gasteiger partial charge < -0.3 is 9.29 Å². The zero-order chi connectivity index (χ0) is 12.3. The first-order valence-electron chi connectivity index (χ1n) is 4.25. The molecule has 0 bridgehead atoms. The van der Waals surface area contributed by atoms with E-state index in [1.807, 2.05) is 0 Å². The van der Waals surface area contributed by atoms with Crippen molar-refractivity contribution in [1.29, 1.82) is 0 Å². The van der Waals surface area contributed by atoms with Gasteiger partial charge in [-0.2, -0.15) is 0 Å². The summed E-state index contributed by atoms with van der Waals surface area (Å²) in [4.78, 5) is 10.5. The quantitative estimate of drug-likeness (QED) is 0.341. The number of ether oxygens (including phenoxy) is 1. The number of carbonyl (C=O) groups is 1. The van der Waals surface area contributed by atoms with Crippen molar-refractivity contribution in [2.75, 3.05) is 0 Å². The lowest BCUT2D eigenvalue weighted by Gasteiger charge is -2.11. The Morgan fingerprint density at radius 1 is 1.50 bits per heavy atom. The van der Waals surface area contributed by atoms with E-state index in [0.717, 1.165) is 12.1 Å². The van der Waals surface area contributed by atoms with Crippen molar-refractivity contribution in [1.82, 2.24) is 0 Å². The average molecular weight is 241 g/mol. The number of hydrogen-bond donors (Lipinski definition) is 0. The van der Waals surface area contributed by atoms with Gasteiger partial charge in [-0.3, -0.25) is 0 Å². The molecule has 0 fully saturated rings. The van der Waals surface area contributed by atoms with Crippen LogP contribution >= 0.6 is 0 Å². The normalized spacial score (nSPS) is 10.9. The Bertz CT molecular complexity index is 530. The second-order valence-corrected chi connectivity index (χ2v) is 4.35. The number of carbonyl (C=O) groups excluding carboxylic acids is 1.